The maximum atomic E-state index is 3.67. The molecule has 2 aromatic heterocycles. The summed E-state index contributed by atoms with van der Waals surface area (Å²) in [6.07, 6.45) is 2.31. The fourth-order valence-electron chi connectivity index (χ4n) is 1.98. The second-order valence-corrected chi connectivity index (χ2v) is 7.01. The number of nitrogens with one attached hydrogen (secondary N) is 1. The van der Waals surface area contributed by atoms with Gasteiger partial charge < -0.3 is 5.32 Å². The topological polar surface area (TPSA) is 12.0 Å². The van der Waals surface area contributed by atoms with E-state index in [1.807, 2.05) is 22.7 Å². The Labute approximate surface area is 118 Å². The van der Waals surface area contributed by atoms with E-state index in [2.05, 4.69) is 50.4 Å². The van der Waals surface area contributed by atoms with E-state index in [9.17, 15) is 0 Å². The highest BCUT2D eigenvalue weighted by Gasteiger charge is 2.16. The summed E-state index contributed by atoms with van der Waals surface area (Å²) < 4.78 is 0. The molecule has 1 nitrogen and oxygen atoms in total. The predicted molar refractivity (Wildman–Crippen MR) is 82.9 cm³/mol. The van der Waals surface area contributed by atoms with Crippen molar-refractivity contribution in [2.45, 2.75) is 39.7 Å². The third kappa shape index (κ3) is 3.22. The fourth-order valence-corrected chi connectivity index (χ4v) is 4.07. The molecule has 2 aromatic rings. The van der Waals surface area contributed by atoms with E-state index in [1.165, 1.54) is 25.9 Å². The van der Waals surface area contributed by atoms with E-state index in [0.717, 1.165) is 13.0 Å². The van der Waals surface area contributed by atoms with Crippen LogP contribution in [0.4, 0.5) is 0 Å². The van der Waals surface area contributed by atoms with Crippen molar-refractivity contribution in [1.29, 1.82) is 0 Å². The van der Waals surface area contributed by atoms with Gasteiger partial charge >= 0.3 is 0 Å². The quantitative estimate of drug-likeness (QED) is 0.803. The van der Waals surface area contributed by atoms with Crippen molar-refractivity contribution >= 4 is 22.7 Å². The van der Waals surface area contributed by atoms with Gasteiger partial charge in [0.25, 0.3) is 0 Å². The van der Waals surface area contributed by atoms with Crippen molar-refractivity contribution in [3.05, 3.63) is 43.8 Å². The molecule has 0 spiro atoms. The van der Waals surface area contributed by atoms with Crippen molar-refractivity contribution in [2.24, 2.45) is 0 Å². The average molecular weight is 279 g/mol. The third-order valence-corrected chi connectivity index (χ3v) is 5.32. The minimum atomic E-state index is 0.383. The van der Waals surface area contributed by atoms with Crippen molar-refractivity contribution in [3.63, 3.8) is 0 Å². The lowest BCUT2D eigenvalue weighted by molar-refractivity contribution is 0.613. The number of rotatable bonds is 6. The molecule has 98 valence electrons. The molecule has 0 radical (unpaired) electrons. The van der Waals surface area contributed by atoms with E-state index in [0.29, 0.717) is 6.04 Å². The van der Waals surface area contributed by atoms with Crippen molar-refractivity contribution in [3.8, 4) is 0 Å². The summed E-state index contributed by atoms with van der Waals surface area (Å²) in [4.78, 5) is 5.75. The average Bonchev–Trinajstić information content (AvgIpc) is 2.99. The van der Waals surface area contributed by atoms with Crippen LogP contribution in [0, 0.1) is 6.92 Å². The van der Waals surface area contributed by atoms with E-state index in [4.69, 9.17) is 0 Å². The molecule has 0 saturated carbocycles. The van der Waals surface area contributed by atoms with Gasteiger partial charge in [0, 0.05) is 19.5 Å². The Hall–Kier alpha value is -0.640. The monoisotopic (exact) mass is 279 g/mol. The number of thiophene rings is 2. The van der Waals surface area contributed by atoms with E-state index < -0.39 is 0 Å². The minimum absolute atomic E-state index is 0.383. The Kier molecular flexibility index (Phi) is 4.98. The Balaban J connectivity index is 2.24. The molecule has 0 amide bonds. The summed E-state index contributed by atoms with van der Waals surface area (Å²) >= 11 is 3.84. The number of hydrogen-bond acceptors (Lipinski definition) is 3. The lowest BCUT2D eigenvalue weighted by atomic mass is 10.2. The van der Waals surface area contributed by atoms with Crippen LogP contribution in [-0.2, 0) is 6.42 Å². The van der Waals surface area contributed by atoms with Gasteiger partial charge in [-0.15, -0.1) is 22.7 Å². The Bertz CT molecular complexity index is 484. The molecular weight excluding hydrogens is 258 g/mol. The molecule has 1 atom stereocenters. The number of hydrogen-bond donors (Lipinski definition) is 1. The summed E-state index contributed by atoms with van der Waals surface area (Å²) in [5.74, 6) is 0. The lowest BCUT2D eigenvalue weighted by Crippen LogP contribution is -2.21. The molecule has 0 saturated heterocycles. The van der Waals surface area contributed by atoms with Crippen LogP contribution in [0.1, 0.15) is 45.8 Å². The summed E-state index contributed by atoms with van der Waals surface area (Å²) in [6.45, 7) is 7.69. The smallest absolute Gasteiger partial charge is 0.0765 e. The highest BCUT2D eigenvalue weighted by Crippen LogP contribution is 2.32. The highest BCUT2D eigenvalue weighted by atomic mass is 32.1. The molecular formula is C15H21NS2. The van der Waals surface area contributed by atoms with Crippen molar-refractivity contribution in [1.82, 2.24) is 5.32 Å². The van der Waals surface area contributed by atoms with Crippen LogP contribution in [0.25, 0.3) is 0 Å². The molecule has 1 N–H and O–H groups in total. The Morgan fingerprint density at radius 3 is 2.33 bits per heavy atom. The molecule has 18 heavy (non-hydrogen) atoms. The molecule has 0 aliphatic rings. The normalized spacial score (nSPS) is 12.8. The van der Waals surface area contributed by atoms with Gasteiger partial charge in [0.15, 0.2) is 0 Å². The van der Waals surface area contributed by atoms with E-state index >= 15 is 0 Å². The molecule has 0 aliphatic heterocycles. The highest BCUT2D eigenvalue weighted by molar-refractivity contribution is 7.13. The van der Waals surface area contributed by atoms with Crippen LogP contribution < -0.4 is 5.32 Å². The van der Waals surface area contributed by atoms with Gasteiger partial charge in [-0.3, -0.25) is 0 Å². The molecule has 0 aromatic carbocycles. The lowest BCUT2D eigenvalue weighted by Gasteiger charge is -2.15. The van der Waals surface area contributed by atoms with Gasteiger partial charge in [0.05, 0.1) is 6.04 Å². The summed E-state index contributed by atoms with van der Waals surface area (Å²) in [7, 11) is 0. The second kappa shape index (κ2) is 6.50. The minimum Gasteiger partial charge on any atom is -0.305 e. The molecule has 0 bridgehead atoms. The van der Waals surface area contributed by atoms with Crippen molar-refractivity contribution in [2.75, 3.05) is 6.54 Å². The van der Waals surface area contributed by atoms with Crippen LogP contribution >= 0.6 is 22.7 Å². The Morgan fingerprint density at radius 2 is 1.78 bits per heavy atom. The molecule has 2 rings (SSSR count). The largest absolute Gasteiger partial charge is 0.305 e. The first-order valence-corrected chi connectivity index (χ1v) is 8.26. The maximum absolute atomic E-state index is 3.67. The predicted octanol–water partition coefficient (Wildman–Crippen LogP) is 4.77. The van der Waals surface area contributed by atoms with Gasteiger partial charge in [-0.05, 0) is 50.6 Å². The Morgan fingerprint density at radius 1 is 1.06 bits per heavy atom. The summed E-state index contributed by atoms with van der Waals surface area (Å²) in [5.41, 5.74) is 0. The van der Waals surface area contributed by atoms with Gasteiger partial charge in [-0.2, -0.15) is 0 Å². The third-order valence-electron chi connectivity index (χ3n) is 2.96. The first kappa shape index (κ1) is 13.8. The first-order valence-electron chi connectivity index (χ1n) is 6.63. The molecule has 0 fully saturated rings. The molecule has 3 heteroatoms. The van der Waals surface area contributed by atoms with Crippen LogP contribution in [-0.4, -0.2) is 6.54 Å². The second-order valence-electron chi connectivity index (χ2n) is 4.49. The molecule has 2 heterocycles. The van der Waals surface area contributed by atoms with E-state index in [-0.39, 0.29) is 0 Å². The maximum Gasteiger partial charge on any atom is 0.0765 e. The zero-order chi connectivity index (χ0) is 13.0. The first-order chi connectivity index (χ1) is 8.74. The molecule has 1 unspecified atom stereocenters. The standard InChI is InChI=1S/C15H21NS2/c1-4-10-16-15(13-8-6-11(3)17-13)14-9-7-12(5-2)18-14/h6-9,15-16H,4-5,10H2,1-3H3. The SMILES string of the molecule is CCCNC(c1ccc(C)s1)c1ccc(CC)s1. The van der Waals surface area contributed by atoms with Crippen LogP contribution in [0.3, 0.4) is 0 Å². The van der Waals surface area contributed by atoms with Crippen LogP contribution in [0.15, 0.2) is 24.3 Å². The fraction of sp³-hybridized carbons (Fsp3) is 0.467. The van der Waals surface area contributed by atoms with Crippen molar-refractivity contribution < 1.29 is 0 Å². The van der Waals surface area contributed by atoms with Gasteiger partial charge in [0.2, 0.25) is 0 Å². The van der Waals surface area contributed by atoms with Gasteiger partial charge in [-0.25, -0.2) is 0 Å². The number of aryl methyl sites for hydroxylation is 2. The molecule has 0 aliphatic carbocycles. The van der Waals surface area contributed by atoms with Crippen LogP contribution in [0.5, 0.6) is 0 Å². The summed E-state index contributed by atoms with van der Waals surface area (Å²) in [6, 6.07) is 9.41. The van der Waals surface area contributed by atoms with Gasteiger partial charge in [0.1, 0.15) is 0 Å². The zero-order valence-electron chi connectivity index (χ0n) is 11.3. The van der Waals surface area contributed by atoms with Gasteiger partial charge in [-0.1, -0.05) is 13.8 Å². The summed E-state index contributed by atoms with van der Waals surface area (Å²) in [5, 5.41) is 3.67. The zero-order valence-corrected chi connectivity index (χ0v) is 13.0. The van der Waals surface area contributed by atoms with E-state index in [1.54, 1.807) is 0 Å². The van der Waals surface area contributed by atoms with Crippen LogP contribution in [0.2, 0.25) is 0 Å².